The van der Waals surface area contributed by atoms with Crippen molar-refractivity contribution in [2.24, 2.45) is 0 Å². The van der Waals surface area contributed by atoms with Crippen LogP contribution in [0.25, 0.3) is 0 Å². The minimum Gasteiger partial charge on any atom is -0.507 e. The van der Waals surface area contributed by atoms with E-state index in [9.17, 15) is 9.90 Å². The standard InChI is InChI=1S/C16H22O4/c17-11-13-7-8-14(10-16(13)18)19-9-5-3-1-2-4-6-15-12-20-15/h7-8,10-11,15,18H,1-6,9,12H2. The van der Waals surface area contributed by atoms with Gasteiger partial charge in [0.25, 0.3) is 0 Å². The van der Waals surface area contributed by atoms with Crippen LogP contribution in [0, 0.1) is 0 Å². The van der Waals surface area contributed by atoms with Gasteiger partial charge in [0.05, 0.1) is 24.9 Å². The van der Waals surface area contributed by atoms with Crippen molar-refractivity contribution in [2.75, 3.05) is 13.2 Å². The summed E-state index contributed by atoms with van der Waals surface area (Å²) in [6, 6.07) is 4.76. The molecule has 0 bridgehead atoms. The van der Waals surface area contributed by atoms with Crippen molar-refractivity contribution >= 4 is 6.29 Å². The van der Waals surface area contributed by atoms with E-state index in [2.05, 4.69) is 0 Å². The number of carbonyl (C=O) groups is 1. The van der Waals surface area contributed by atoms with Gasteiger partial charge in [-0.2, -0.15) is 0 Å². The highest BCUT2D eigenvalue weighted by molar-refractivity contribution is 5.79. The highest BCUT2D eigenvalue weighted by atomic mass is 16.6. The fourth-order valence-electron chi connectivity index (χ4n) is 2.14. The first-order chi connectivity index (χ1) is 9.79. The molecule has 2 rings (SSSR count). The van der Waals surface area contributed by atoms with E-state index in [1.54, 1.807) is 12.1 Å². The summed E-state index contributed by atoms with van der Waals surface area (Å²) in [4.78, 5) is 10.6. The average Bonchev–Trinajstić information content (AvgIpc) is 3.26. The molecule has 0 aromatic heterocycles. The number of carbonyl (C=O) groups excluding carboxylic acids is 1. The maximum atomic E-state index is 10.6. The SMILES string of the molecule is O=Cc1ccc(OCCCCCCCC2CO2)cc1O. The quantitative estimate of drug-likeness (QED) is 0.405. The summed E-state index contributed by atoms with van der Waals surface area (Å²) in [5.74, 6) is 0.582. The topological polar surface area (TPSA) is 59.1 Å². The number of aldehydes is 1. The molecule has 1 N–H and O–H groups in total. The number of epoxide rings is 1. The van der Waals surface area contributed by atoms with Crippen molar-refractivity contribution in [3.63, 3.8) is 0 Å². The van der Waals surface area contributed by atoms with Crippen LogP contribution in [0.4, 0.5) is 0 Å². The van der Waals surface area contributed by atoms with Crippen molar-refractivity contribution in [3.05, 3.63) is 23.8 Å². The molecule has 0 amide bonds. The molecule has 0 spiro atoms. The first-order valence-electron chi connectivity index (χ1n) is 7.32. The van der Waals surface area contributed by atoms with Gasteiger partial charge < -0.3 is 14.6 Å². The molecule has 0 aliphatic carbocycles. The Labute approximate surface area is 119 Å². The number of phenolic OH excluding ortho intramolecular Hbond substituents is 1. The first kappa shape index (κ1) is 14.9. The Morgan fingerprint density at radius 2 is 2.00 bits per heavy atom. The third-order valence-electron chi connectivity index (χ3n) is 3.47. The van der Waals surface area contributed by atoms with Crippen LogP contribution in [-0.4, -0.2) is 30.7 Å². The molecule has 4 heteroatoms. The molecule has 0 radical (unpaired) electrons. The number of aromatic hydroxyl groups is 1. The highest BCUT2D eigenvalue weighted by Crippen LogP contribution is 2.22. The maximum absolute atomic E-state index is 10.6. The van der Waals surface area contributed by atoms with Crippen LogP contribution < -0.4 is 4.74 Å². The van der Waals surface area contributed by atoms with E-state index in [0.717, 1.165) is 19.4 Å². The van der Waals surface area contributed by atoms with E-state index < -0.39 is 0 Å². The van der Waals surface area contributed by atoms with Gasteiger partial charge in [-0.3, -0.25) is 4.79 Å². The number of hydrogen-bond donors (Lipinski definition) is 1. The van der Waals surface area contributed by atoms with Crippen LogP contribution in [0.3, 0.4) is 0 Å². The molecule has 110 valence electrons. The van der Waals surface area contributed by atoms with Gasteiger partial charge in [0, 0.05) is 6.07 Å². The van der Waals surface area contributed by atoms with Crippen molar-refractivity contribution < 1.29 is 19.4 Å². The first-order valence-corrected chi connectivity index (χ1v) is 7.32. The van der Waals surface area contributed by atoms with Gasteiger partial charge >= 0.3 is 0 Å². The molecule has 1 fully saturated rings. The van der Waals surface area contributed by atoms with Gasteiger partial charge in [-0.15, -0.1) is 0 Å². The van der Waals surface area contributed by atoms with Gasteiger partial charge in [0.2, 0.25) is 0 Å². The molecule has 20 heavy (non-hydrogen) atoms. The van der Waals surface area contributed by atoms with Crippen LogP contribution in [0.5, 0.6) is 11.5 Å². The molecule has 1 unspecified atom stereocenters. The minimum absolute atomic E-state index is 0.0280. The molecule has 1 aliphatic heterocycles. The number of hydrogen-bond acceptors (Lipinski definition) is 4. The second-order valence-corrected chi connectivity index (χ2v) is 5.20. The summed E-state index contributed by atoms with van der Waals surface area (Å²) in [5.41, 5.74) is 0.289. The van der Waals surface area contributed by atoms with Crippen LogP contribution >= 0.6 is 0 Å². The van der Waals surface area contributed by atoms with E-state index in [4.69, 9.17) is 9.47 Å². The molecule has 1 aromatic carbocycles. The average molecular weight is 278 g/mol. The van der Waals surface area contributed by atoms with Crippen molar-refractivity contribution in [3.8, 4) is 11.5 Å². The lowest BCUT2D eigenvalue weighted by Crippen LogP contribution is -1.97. The Morgan fingerprint density at radius 3 is 2.70 bits per heavy atom. The fraction of sp³-hybridized carbons (Fsp3) is 0.562. The summed E-state index contributed by atoms with van der Waals surface area (Å²) in [7, 11) is 0. The predicted molar refractivity (Wildman–Crippen MR) is 76.4 cm³/mol. The third kappa shape index (κ3) is 5.21. The lowest BCUT2D eigenvalue weighted by Gasteiger charge is -2.07. The third-order valence-corrected chi connectivity index (χ3v) is 3.47. The van der Waals surface area contributed by atoms with Crippen molar-refractivity contribution in [1.82, 2.24) is 0 Å². The fourth-order valence-corrected chi connectivity index (χ4v) is 2.14. The van der Waals surface area contributed by atoms with Gasteiger partial charge in [-0.1, -0.05) is 25.7 Å². The van der Waals surface area contributed by atoms with Gasteiger partial charge in [0.15, 0.2) is 6.29 Å². The second-order valence-electron chi connectivity index (χ2n) is 5.20. The molecular weight excluding hydrogens is 256 g/mol. The molecule has 4 nitrogen and oxygen atoms in total. The largest absolute Gasteiger partial charge is 0.507 e. The summed E-state index contributed by atoms with van der Waals surface area (Å²) in [5, 5.41) is 9.52. The summed E-state index contributed by atoms with van der Waals surface area (Å²) >= 11 is 0. The lowest BCUT2D eigenvalue weighted by atomic mass is 10.1. The van der Waals surface area contributed by atoms with E-state index in [1.807, 2.05) is 0 Å². The number of phenols is 1. The zero-order valence-electron chi connectivity index (χ0n) is 11.7. The molecule has 1 aromatic rings. The van der Waals surface area contributed by atoms with Gasteiger partial charge in [-0.05, 0) is 25.0 Å². The van der Waals surface area contributed by atoms with Gasteiger partial charge in [0.1, 0.15) is 11.5 Å². The van der Waals surface area contributed by atoms with Crippen LogP contribution in [0.1, 0.15) is 48.9 Å². The van der Waals surface area contributed by atoms with E-state index >= 15 is 0 Å². The summed E-state index contributed by atoms with van der Waals surface area (Å²) in [6.07, 6.45) is 8.30. The number of ether oxygens (including phenoxy) is 2. The van der Waals surface area contributed by atoms with Gasteiger partial charge in [-0.25, -0.2) is 0 Å². The maximum Gasteiger partial charge on any atom is 0.153 e. The normalized spacial score (nSPS) is 16.9. The van der Waals surface area contributed by atoms with E-state index in [-0.39, 0.29) is 11.3 Å². The summed E-state index contributed by atoms with van der Waals surface area (Å²) in [6.45, 7) is 1.61. The van der Waals surface area contributed by atoms with Crippen LogP contribution in [0.2, 0.25) is 0 Å². The molecular formula is C16H22O4. The number of rotatable bonds is 10. The predicted octanol–water partition coefficient (Wildman–Crippen LogP) is 3.32. The Balaban J connectivity index is 1.51. The Morgan fingerprint density at radius 1 is 1.25 bits per heavy atom. The zero-order chi connectivity index (χ0) is 14.2. The van der Waals surface area contributed by atoms with E-state index in [1.165, 1.54) is 31.7 Å². The monoisotopic (exact) mass is 278 g/mol. The molecule has 1 heterocycles. The Bertz CT molecular complexity index is 426. The van der Waals surface area contributed by atoms with Crippen molar-refractivity contribution in [2.45, 2.75) is 44.6 Å². The summed E-state index contributed by atoms with van der Waals surface area (Å²) < 4.78 is 10.7. The smallest absolute Gasteiger partial charge is 0.153 e. The molecule has 1 saturated heterocycles. The number of benzene rings is 1. The zero-order valence-corrected chi connectivity index (χ0v) is 11.7. The van der Waals surface area contributed by atoms with Crippen molar-refractivity contribution in [1.29, 1.82) is 0 Å². The Kier molecular flexibility index (Phi) is 5.87. The number of unbranched alkanes of at least 4 members (excludes halogenated alkanes) is 4. The second kappa shape index (κ2) is 7.90. The minimum atomic E-state index is -0.0280. The van der Waals surface area contributed by atoms with Crippen LogP contribution in [-0.2, 0) is 4.74 Å². The molecule has 1 aliphatic rings. The highest BCUT2D eigenvalue weighted by Gasteiger charge is 2.20. The Hall–Kier alpha value is -1.55. The molecule has 1 atom stereocenters. The van der Waals surface area contributed by atoms with Crippen LogP contribution in [0.15, 0.2) is 18.2 Å². The lowest BCUT2D eigenvalue weighted by molar-refractivity contribution is 0.112. The van der Waals surface area contributed by atoms with E-state index in [0.29, 0.717) is 24.7 Å². The molecule has 0 saturated carbocycles.